The average molecular weight is 374 g/mol. The van der Waals surface area contributed by atoms with Crippen molar-refractivity contribution in [2.75, 3.05) is 0 Å². The number of rotatable bonds is 1. The summed E-state index contributed by atoms with van der Waals surface area (Å²) < 4.78 is 8.75. The molecule has 0 N–H and O–H groups in total. The lowest BCUT2D eigenvalue weighted by Crippen LogP contribution is -2.34. The molecule has 0 saturated heterocycles. The van der Waals surface area contributed by atoms with Crippen LogP contribution in [0.4, 0.5) is 0 Å². The fourth-order valence-electron chi connectivity index (χ4n) is 4.68. The van der Waals surface area contributed by atoms with Gasteiger partial charge in [0.2, 0.25) is 5.58 Å². The van der Waals surface area contributed by atoms with Gasteiger partial charge in [-0.3, -0.25) is 0 Å². The van der Waals surface area contributed by atoms with E-state index in [0.717, 1.165) is 16.9 Å². The predicted octanol–water partition coefficient (Wildman–Crippen LogP) is 6.79. The molecule has 0 radical (unpaired) electrons. The molecule has 0 amide bonds. The van der Waals surface area contributed by atoms with Crippen molar-refractivity contribution < 1.29 is 8.98 Å². The molecule has 2 heteroatoms. The Bertz CT molecular complexity index is 1570. The van der Waals surface area contributed by atoms with Crippen LogP contribution < -0.4 is 4.57 Å². The van der Waals surface area contributed by atoms with E-state index in [9.17, 15) is 0 Å². The van der Waals surface area contributed by atoms with Crippen molar-refractivity contribution in [3.8, 4) is 5.69 Å². The van der Waals surface area contributed by atoms with Crippen LogP contribution in [-0.4, -0.2) is 0 Å². The van der Waals surface area contributed by atoms with Gasteiger partial charge in [0.05, 0.1) is 0 Å². The van der Waals surface area contributed by atoms with Gasteiger partial charge in [0.25, 0.3) is 5.69 Å². The topological polar surface area (TPSA) is 17.0 Å². The number of hydrogen-bond donors (Lipinski definition) is 0. The number of fused-ring (bicyclic) bond motifs is 7. The second-order valence-corrected chi connectivity index (χ2v) is 7.70. The van der Waals surface area contributed by atoms with E-state index >= 15 is 0 Å². The molecule has 0 aliphatic rings. The highest BCUT2D eigenvalue weighted by molar-refractivity contribution is 6.28. The zero-order valence-corrected chi connectivity index (χ0v) is 16.4. The standard InChI is InChI=1S/C27H20NO/c1-17-9-7-8-16-28(17)26-18(2)20-15-14-19-10-3-4-11-21(19)24(20)25-22-12-5-6-13-23(22)29-27(25)26/h3-16H,1-2H3/q+1. The van der Waals surface area contributed by atoms with E-state index in [1.54, 1.807) is 0 Å². The van der Waals surface area contributed by atoms with Gasteiger partial charge in [0.1, 0.15) is 5.58 Å². The van der Waals surface area contributed by atoms with Gasteiger partial charge in [0.15, 0.2) is 11.9 Å². The summed E-state index contributed by atoms with van der Waals surface area (Å²) in [7, 11) is 0. The molecule has 0 fully saturated rings. The minimum atomic E-state index is 0.928. The van der Waals surface area contributed by atoms with E-state index in [1.165, 1.54) is 43.6 Å². The minimum Gasteiger partial charge on any atom is -0.449 e. The number of pyridine rings is 1. The van der Waals surface area contributed by atoms with E-state index in [1.807, 2.05) is 6.07 Å². The highest BCUT2D eigenvalue weighted by Crippen LogP contribution is 2.42. The van der Waals surface area contributed by atoms with Crippen LogP contribution in [-0.2, 0) is 0 Å². The molecule has 2 aromatic heterocycles. The molecule has 0 bridgehead atoms. The molecule has 0 unspecified atom stereocenters. The van der Waals surface area contributed by atoms with Gasteiger partial charge < -0.3 is 4.42 Å². The smallest absolute Gasteiger partial charge is 0.258 e. The van der Waals surface area contributed by atoms with Crippen LogP contribution in [0.5, 0.6) is 0 Å². The number of benzene rings is 4. The number of para-hydroxylation sites is 1. The monoisotopic (exact) mass is 374 g/mol. The van der Waals surface area contributed by atoms with Crippen molar-refractivity contribution in [1.82, 2.24) is 0 Å². The molecule has 138 valence electrons. The second kappa shape index (κ2) is 5.92. The van der Waals surface area contributed by atoms with E-state index in [2.05, 4.69) is 97.4 Å². The number of furan rings is 1. The lowest BCUT2D eigenvalue weighted by Gasteiger charge is -2.11. The number of hydrogen-bond acceptors (Lipinski definition) is 1. The van der Waals surface area contributed by atoms with Crippen LogP contribution in [0.25, 0.3) is 49.2 Å². The normalized spacial score (nSPS) is 11.8. The van der Waals surface area contributed by atoms with Crippen LogP contribution in [0.2, 0.25) is 0 Å². The van der Waals surface area contributed by atoms with E-state index in [4.69, 9.17) is 4.42 Å². The lowest BCUT2D eigenvalue weighted by atomic mass is 9.93. The Morgan fingerprint density at radius 3 is 2.28 bits per heavy atom. The van der Waals surface area contributed by atoms with Crippen LogP contribution in [0.1, 0.15) is 11.3 Å². The van der Waals surface area contributed by atoms with Gasteiger partial charge in [-0.1, -0.05) is 60.7 Å². The molecule has 0 spiro atoms. The molecular formula is C27H20NO+. The van der Waals surface area contributed by atoms with Gasteiger partial charge >= 0.3 is 0 Å². The SMILES string of the molecule is Cc1c(-[n+]2ccccc2C)c2oc3ccccc3c2c2c1ccc1ccccc12. The Morgan fingerprint density at radius 2 is 1.41 bits per heavy atom. The van der Waals surface area contributed by atoms with Gasteiger partial charge in [0, 0.05) is 40.8 Å². The summed E-state index contributed by atoms with van der Waals surface area (Å²) in [5.41, 5.74) is 5.41. The van der Waals surface area contributed by atoms with Crippen molar-refractivity contribution in [3.05, 3.63) is 96.3 Å². The van der Waals surface area contributed by atoms with Crippen LogP contribution in [0.3, 0.4) is 0 Å². The lowest BCUT2D eigenvalue weighted by molar-refractivity contribution is -0.601. The van der Waals surface area contributed by atoms with Crippen LogP contribution >= 0.6 is 0 Å². The molecule has 6 aromatic rings. The molecular weight excluding hydrogens is 354 g/mol. The number of aryl methyl sites for hydroxylation is 2. The second-order valence-electron chi connectivity index (χ2n) is 7.70. The van der Waals surface area contributed by atoms with Crippen LogP contribution in [0.15, 0.2) is 89.5 Å². The van der Waals surface area contributed by atoms with Crippen molar-refractivity contribution >= 4 is 43.5 Å². The molecule has 0 aliphatic carbocycles. The minimum absolute atomic E-state index is 0.928. The molecule has 0 atom stereocenters. The summed E-state index contributed by atoms with van der Waals surface area (Å²) in [5, 5.41) is 7.43. The Kier molecular flexibility index (Phi) is 3.33. The van der Waals surface area contributed by atoms with E-state index in [-0.39, 0.29) is 0 Å². The van der Waals surface area contributed by atoms with Crippen molar-refractivity contribution in [2.24, 2.45) is 0 Å². The molecule has 0 aliphatic heterocycles. The third-order valence-corrected chi connectivity index (χ3v) is 6.05. The Hall–Kier alpha value is -3.65. The summed E-state index contributed by atoms with van der Waals surface area (Å²) in [6.07, 6.45) is 2.12. The summed E-state index contributed by atoms with van der Waals surface area (Å²) >= 11 is 0. The first-order valence-electron chi connectivity index (χ1n) is 9.97. The van der Waals surface area contributed by atoms with Crippen LogP contribution in [0, 0.1) is 13.8 Å². The fraction of sp³-hybridized carbons (Fsp3) is 0.0741. The molecule has 4 aromatic carbocycles. The van der Waals surface area contributed by atoms with Gasteiger partial charge in [-0.05, 0) is 29.1 Å². The molecule has 29 heavy (non-hydrogen) atoms. The Morgan fingerprint density at radius 1 is 0.655 bits per heavy atom. The number of aromatic nitrogens is 1. The first-order chi connectivity index (χ1) is 14.2. The number of nitrogens with zero attached hydrogens (tertiary/aromatic N) is 1. The highest BCUT2D eigenvalue weighted by Gasteiger charge is 2.26. The average Bonchev–Trinajstić information content (AvgIpc) is 3.13. The Balaban J connectivity index is 1.97. The van der Waals surface area contributed by atoms with Crippen molar-refractivity contribution in [2.45, 2.75) is 13.8 Å². The zero-order valence-electron chi connectivity index (χ0n) is 16.4. The summed E-state index contributed by atoms with van der Waals surface area (Å²) in [5.74, 6) is 0. The first kappa shape index (κ1) is 16.3. The third-order valence-electron chi connectivity index (χ3n) is 6.05. The zero-order chi connectivity index (χ0) is 19.5. The van der Waals surface area contributed by atoms with Crippen molar-refractivity contribution in [1.29, 1.82) is 0 Å². The maximum atomic E-state index is 6.51. The van der Waals surface area contributed by atoms with Gasteiger partial charge in [-0.25, -0.2) is 0 Å². The van der Waals surface area contributed by atoms with Gasteiger partial charge in [-0.15, -0.1) is 0 Å². The molecule has 2 nitrogen and oxygen atoms in total. The summed E-state index contributed by atoms with van der Waals surface area (Å²) in [4.78, 5) is 0. The Labute approximate surface area is 168 Å². The quantitative estimate of drug-likeness (QED) is 0.229. The largest absolute Gasteiger partial charge is 0.449 e. The summed E-state index contributed by atoms with van der Waals surface area (Å²) in [6, 6.07) is 27.8. The van der Waals surface area contributed by atoms with Crippen molar-refractivity contribution in [3.63, 3.8) is 0 Å². The first-order valence-corrected chi connectivity index (χ1v) is 9.97. The molecule has 0 saturated carbocycles. The molecule has 2 heterocycles. The third kappa shape index (κ3) is 2.20. The maximum Gasteiger partial charge on any atom is 0.258 e. The predicted molar refractivity (Wildman–Crippen MR) is 120 cm³/mol. The van der Waals surface area contributed by atoms with Gasteiger partial charge in [-0.2, -0.15) is 4.57 Å². The van der Waals surface area contributed by atoms with E-state index in [0.29, 0.717) is 0 Å². The fourth-order valence-corrected chi connectivity index (χ4v) is 4.68. The maximum absolute atomic E-state index is 6.51. The highest BCUT2D eigenvalue weighted by atomic mass is 16.3. The summed E-state index contributed by atoms with van der Waals surface area (Å²) in [6.45, 7) is 4.34. The molecule has 6 rings (SSSR count). The van der Waals surface area contributed by atoms with E-state index < -0.39 is 0 Å².